The molecule has 2 aromatic carbocycles. The fourth-order valence-electron chi connectivity index (χ4n) is 4.05. The van der Waals surface area contributed by atoms with Crippen molar-refractivity contribution in [3.05, 3.63) is 65.2 Å². The van der Waals surface area contributed by atoms with Gasteiger partial charge < -0.3 is 15.0 Å². The van der Waals surface area contributed by atoms with Gasteiger partial charge in [-0.3, -0.25) is 9.59 Å². The third kappa shape index (κ3) is 6.58. The molecule has 2 aromatic rings. The van der Waals surface area contributed by atoms with E-state index in [1.807, 2.05) is 69.3 Å². The van der Waals surface area contributed by atoms with E-state index in [4.69, 9.17) is 4.74 Å². The van der Waals surface area contributed by atoms with Gasteiger partial charge in [0.2, 0.25) is 5.91 Å². The van der Waals surface area contributed by atoms with E-state index >= 15 is 0 Å². The second-order valence-electron chi connectivity index (χ2n) is 8.55. The molecular formula is C26H34N2O3. The Labute approximate surface area is 185 Å². The van der Waals surface area contributed by atoms with Crippen LogP contribution in [0, 0.1) is 13.8 Å². The molecule has 1 N–H and O–H groups in total. The molecule has 1 aliphatic carbocycles. The number of hydrogen-bond acceptors (Lipinski definition) is 3. The molecule has 166 valence electrons. The fourth-order valence-corrected chi connectivity index (χ4v) is 4.05. The number of carbonyl (C=O) groups is 2. The summed E-state index contributed by atoms with van der Waals surface area (Å²) in [5.74, 6) is 0.449. The van der Waals surface area contributed by atoms with E-state index in [0.717, 1.165) is 42.4 Å². The molecule has 0 aliphatic heterocycles. The topological polar surface area (TPSA) is 58.6 Å². The van der Waals surface area contributed by atoms with Crippen LogP contribution in [0.1, 0.15) is 49.3 Å². The van der Waals surface area contributed by atoms with Crippen molar-refractivity contribution in [3.63, 3.8) is 0 Å². The van der Waals surface area contributed by atoms with Crippen LogP contribution in [-0.4, -0.2) is 41.9 Å². The molecule has 2 amide bonds. The number of aryl methyl sites for hydroxylation is 2. The van der Waals surface area contributed by atoms with Gasteiger partial charge in [0, 0.05) is 12.6 Å². The van der Waals surface area contributed by atoms with Crippen molar-refractivity contribution in [3.8, 4) is 5.75 Å². The zero-order valence-corrected chi connectivity index (χ0v) is 18.9. The first kappa shape index (κ1) is 22.9. The number of benzene rings is 2. The highest BCUT2D eigenvalue weighted by Gasteiger charge is 2.28. The lowest BCUT2D eigenvalue weighted by Gasteiger charge is -2.29. The van der Waals surface area contributed by atoms with Crippen LogP contribution in [0.15, 0.2) is 48.5 Å². The van der Waals surface area contributed by atoms with Crippen LogP contribution >= 0.6 is 0 Å². The van der Waals surface area contributed by atoms with Gasteiger partial charge in [-0.05, 0) is 62.8 Å². The molecule has 0 radical (unpaired) electrons. The predicted octanol–water partition coefficient (Wildman–Crippen LogP) is 4.20. The van der Waals surface area contributed by atoms with E-state index < -0.39 is 6.04 Å². The third-order valence-corrected chi connectivity index (χ3v) is 6.05. The number of ether oxygens (including phenoxy) is 1. The highest BCUT2D eigenvalue weighted by Crippen LogP contribution is 2.20. The Hall–Kier alpha value is -2.82. The predicted molar refractivity (Wildman–Crippen MR) is 123 cm³/mol. The summed E-state index contributed by atoms with van der Waals surface area (Å²) in [5.41, 5.74) is 3.21. The van der Waals surface area contributed by atoms with Crippen molar-refractivity contribution < 1.29 is 14.3 Å². The highest BCUT2D eigenvalue weighted by molar-refractivity contribution is 5.88. The molecule has 0 aromatic heterocycles. The summed E-state index contributed by atoms with van der Waals surface area (Å²) < 4.78 is 5.85. The molecule has 0 bridgehead atoms. The van der Waals surface area contributed by atoms with Crippen LogP contribution in [0.4, 0.5) is 0 Å². The van der Waals surface area contributed by atoms with E-state index in [0.29, 0.717) is 18.7 Å². The molecule has 1 fully saturated rings. The summed E-state index contributed by atoms with van der Waals surface area (Å²) >= 11 is 0. The Morgan fingerprint density at radius 1 is 1.10 bits per heavy atom. The Kier molecular flexibility index (Phi) is 8.10. The molecule has 1 atom stereocenters. The average Bonchev–Trinajstić information content (AvgIpc) is 3.28. The zero-order chi connectivity index (χ0) is 22.2. The van der Waals surface area contributed by atoms with Gasteiger partial charge in [0.05, 0.1) is 0 Å². The van der Waals surface area contributed by atoms with Crippen molar-refractivity contribution in [2.75, 3.05) is 13.2 Å². The molecule has 5 nitrogen and oxygen atoms in total. The second-order valence-corrected chi connectivity index (χ2v) is 8.55. The minimum atomic E-state index is -0.543. The SMILES string of the molecule is Cc1ccc(C)c(OCC(=O)N(CCc2ccccc2)[C@@H](C)C(=O)NC2CCCC2)c1. The lowest BCUT2D eigenvalue weighted by atomic mass is 10.1. The molecule has 0 spiro atoms. The van der Waals surface area contributed by atoms with E-state index in [1.165, 1.54) is 0 Å². The number of nitrogens with zero attached hydrogens (tertiary/aromatic N) is 1. The third-order valence-electron chi connectivity index (χ3n) is 6.05. The summed E-state index contributed by atoms with van der Waals surface area (Å²) in [4.78, 5) is 27.7. The van der Waals surface area contributed by atoms with Gasteiger partial charge in [-0.15, -0.1) is 0 Å². The van der Waals surface area contributed by atoms with E-state index in [1.54, 1.807) is 4.90 Å². The Bertz CT molecular complexity index is 875. The number of hydrogen-bond donors (Lipinski definition) is 1. The molecule has 0 heterocycles. The van der Waals surface area contributed by atoms with E-state index in [2.05, 4.69) is 5.32 Å². The smallest absolute Gasteiger partial charge is 0.261 e. The largest absolute Gasteiger partial charge is 0.483 e. The summed E-state index contributed by atoms with van der Waals surface area (Å²) in [6, 6.07) is 15.7. The van der Waals surface area contributed by atoms with Gasteiger partial charge in [0.1, 0.15) is 11.8 Å². The normalized spacial score (nSPS) is 14.8. The van der Waals surface area contributed by atoms with Gasteiger partial charge in [-0.1, -0.05) is 55.3 Å². The maximum atomic E-state index is 13.1. The Morgan fingerprint density at radius 2 is 1.81 bits per heavy atom. The van der Waals surface area contributed by atoms with Gasteiger partial charge in [0.15, 0.2) is 6.61 Å². The van der Waals surface area contributed by atoms with Crippen molar-refractivity contribution >= 4 is 11.8 Å². The summed E-state index contributed by atoms with van der Waals surface area (Å²) in [6.45, 7) is 6.16. The minimum Gasteiger partial charge on any atom is -0.483 e. The van der Waals surface area contributed by atoms with E-state index in [9.17, 15) is 9.59 Å². The first-order valence-corrected chi connectivity index (χ1v) is 11.3. The van der Waals surface area contributed by atoms with Crippen LogP contribution in [-0.2, 0) is 16.0 Å². The van der Waals surface area contributed by atoms with Crippen LogP contribution in [0.3, 0.4) is 0 Å². The monoisotopic (exact) mass is 422 g/mol. The quantitative estimate of drug-likeness (QED) is 0.659. The van der Waals surface area contributed by atoms with Gasteiger partial charge in [0.25, 0.3) is 5.91 Å². The van der Waals surface area contributed by atoms with Crippen molar-refractivity contribution in [1.29, 1.82) is 0 Å². The van der Waals surface area contributed by atoms with Crippen LogP contribution in [0.2, 0.25) is 0 Å². The lowest BCUT2D eigenvalue weighted by molar-refractivity contribution is -0.141. The molecule has 31 heavy (non-hydrogen) atoms. The second kappa shape index (κ2) is 11.0. The van der Waals surface area contributed by atoms with Crippen molar-refractivity contribution in [2.24, 2.45) is 0 Å². The molecular weight excluding hydrogens is 388 g/mol. The summed E-state index contributed by atoms with van der Waals surface area (Å²) in [5, 5.41) is 3.13. The van der Waals surface area contributed by atoms with Gasteiger partial charge >= 0.3 is 0 Å². The standard InChI is InChI=1S/C26H34N2O3/c1-19-13-14-20(2)24(17-19)31-18-25(29)28(16-15-22-9-5-4-6-10-22)21(3)26(30)27-23-11-7-8-12-23/h4-6,9-10,13-14,17,21,23H,7-8,11-12,15-16,18H2,1-3H3,(H,27,30)/t21-/m0/s1. The number of carbonyl (C=O) groups excluding carboxylic acids is 2. The van der Waals surface area contributed by atoms with E-state index in [-0.39, 0.29) is 24.5 Å². The number of rotatable bonds is 9. The van der Waals surface area contributed by atoms with Crippen LogP contribution in [0.25, 0.3) is 0 Å². The van der Waals surface area contributed by atoms with Gasteiger partial charge in [-0.2, -0.15) is 0 Å². The van der Waals surface area contributed by atoms with Gasteiger partial charge in [-0.25, -0.2) is 0 Å². The average molecular weight is 423 g/mol. The number of amides is 2. The lowest BCUT2D eigenvalue weighted by Crippen LogP contribution is -2.51. The van der Waals surface area contributed by atoms with Crippen molar-refractivity contribution in [2.45, 2.75) is 65.0 Å². The Balaban J connectivity index is 1.67. The maximum absolute atomic E-state index is 13.1. The van der Waals surface area contributed by atoms with Crippen LogP contribution < -0.4 is 10.1 Å². The first-order chi connectivity index (χ1) is 14.9. The first-order valence-electron chi connectivity index (χ1n) is 11.3. The summed E-state index contributed by atoms with van der Waals surface area (Å²) in [7, 11) is 0. The maximum Gasteiger partial charge on any atom is 0.261 e. The molecule has 3 rings (SSSR count). The molecule has 1 saturated carbocycles. The molecule has 5 heteroatoms. The highest BCUT2D eigenvalue weighted by atomic mass is 16.5. The molecule has 0 saturated heterocycles. The minimum absolute atomic E-state index is 0.0832. The summed E-state index contributed by atoms with van der Waals surface area (Å²) in [6.07, 6.45) is 5.04. The fraction of sp³-hybridized carbons (Fsp3) is 0.462. The Morgan fingerprint density at radius 3 is 2.52 bits per heavy atom. The molecule has 0 unspecified atom stereocenters. The number of nitrogens with one attached hydrogen (secondary N) is 1. The van der Waals surface area contributed by atoms with Crippen molar-refractivity contribution in [1.82, 2.24) is 10.2 Å². The van der Waals surface area contributed by atoms with Crippen LogP contribution in [0.5, 0.6) is 5.75 Å². The molecule has 1 aliphatic rings. The zero-order valence-electron chi connectivity index (χ0n) is 18.9.